The minimum absolute atomic E-state index is 0.235. The Morgan fingerprint density at radius 2 is 2.17 bits per heavy atom. The summed E-state index contributed by atoms with van der Waals surface area (Å²) in [5.41, 5.74) is 1.68. The summed E-state index contributed by atoms with van der Waals surface area (Å²) in [4.78, 5) is 27.4. The Balaban J connectivity index is 1.65. The van der Waals surface area contributed by atoms with Crippen LogP contribution in [0, 0.1) is 0 Å². The molecule has 1 saturated heterocycles. The highest BCUT2D eigenvalue weighted by molar-refractivity contribution is 6.31. The number of aromatic nitrogens is 2. The van der Waals surface area contributed by atoms with E-state index in [1.165, 1.54) is 0 Å². The van der Waals surface area contributed by atoms with Gasteiger partial charge in [0.05, 0.1) is 17.6 Å². The number of halogens is 1. The van der Waals surface area contributed by atoms with Crippen LogP contribution in [0.4, 0.5) is 0 Å². The Kier molecular flexibility index (Phi) is 4.23. The summed E-state index contributed by atoms with van der Waals surface area (Å²) in [6.45, 7) is 0.235. The van der Waals surface area contributed by atoms with Crippen molar-refractivity contribution in [2.75, 3.05) is 0 Å². The number of benzene rings is 1. The molecule has 0 saturated carbocycles. The lowest BCUT2D eigenvalue weighted by atomic mass is 10.2. The van der Waals surface area contributed by atoms with Crippen LogP contribution in [0.15, 0.2) is 18.2 Å². The lowest BCUT2D eigenvalue weighted by Crippen LogP contribution is -2.35. The molecule has 2 atom stereocenters. The average molecular weight is 338 g/mol. The van der Waals surface area contributed by atoms with Gasteiger partial charge in [0.15, 0.2) is 6.10 Å². The molecule has 0 bridgehead atoms. The highest BCUT2D eigenvalue weighted by Crippen LogP contribution is 2.21. The highest BCUT2D eigenvalue weighted by Gasteiger charge is 2.34. The van der Waals surface area contributed by atoms with E-state index in [0.29, 0.717) is 23.7 Å². The molecule has 23 heavy (non-hydrogen) atoms. The number of carboxylic acids is 1. The molecule has 2 aromatic rings. The smallest absolute Gasteiger partial charge is 0.332 e. The van der Waals surface area contributed by atoms with E-state index in [4.69, 9.17) is 21.4 Å². The Morgan fingerprint density at radius 3 is 2.87 bits per heavy atom. The van der Waals surface area contributed by atoms with Gasteiger partial charge in [-0.25, -0.2) is 9.78 Å². The normalized spacial score (nSPS) is 20.8. The van der Waals surface area contributed by atoms with Crippen molar-refractivity contribution in [1.82, 2.24) is 14.9 Å². The number of hydrogen-bond acceptors (Lipinski definition) is 4. The third-order valence-electron chi connectivity index (χ3n) is 3.94. The summed E-state index contributed by atoms with van der Waals surface area (Å²) in [6.07, 6.45) is -0.872. The molecule has 1 aliphatic rings. The molecular weight excluding hydrogens is 322 g/mol. The Bertz CT molecular complexity index is 773. The number of ether oxygens (including phenoxy) is 1. The molecule has 3 rings (SSSR count). The molecule has 1 aliphatic heterocycles. The molecule has 1 aromatic carbocycles. The molecule has 1 amide bonds. The van der Waals surface area contributed by atoms with Gasteiger partial charge in [-0.15, -0.1) is 0 Å². The molecule has 1 fully saturated rings. The highest BCUT2D eigenvalue weighted by atomic mass is 35.5. The van der Waals surface area contributed by atoms with Gasteiger partial charge in [-0.05, 0) is 31.0 Å². The zero-order valence-corrected chi connectivity index (χ0v) is 13.2. The second-order valence-corrected chi connectivity index (χ2v) is 5.90. The fraction of sp³-hybridized carbons (Fsp3) is 0.400. The minimum Gasteiger partial charge on any atom is -0.479 e. The number of imidazole rings is 1. The molecule has 0 unspecified atom stereocenters. The van der Waals surface area contributed by atoms with Gasteiger partial charge < -0.3 is 19.7 Å². The van der Waals surface area contributed by atoms with E-state index in [1.807, 2.05) is 17.7 Å². The third kappa shape index (κ3) is 3.16. The van der Waals surface area contributed by atoms with Gasteiger partial charge in [0.2, 0.25) is 5.91 Å². The zero-order chi connectivity index (χ0) is 16.6. The molecule has 0 aliphatic carbocycles. The largest absolute Gasteiger partial charge is 0.479 e. The number of nitrogens with one attached hydrogen (secondary N) is 1. The fourth-order valence-electron chi connectivity index (χ4n) is 2.67. The summed E-state index contributed by atoms with van der Waals surface area (Å²) >= 11 is 5.95. The molecular formula is C15H16ClN3O4. The lowest BCUT2D eigenvalue weighted by Gasteiger charge is -2.11. The van der Waals surface area contributed by atoms with E-state index in [1.54, 1.807) is 12.1 Å². The van der Waals surface area contributed by atoms with Gasteiger partial charge >= 0.3 is 5.97 Å². The predicted octanol–water partition coefficient (Wildman–Crippen LogP) is 1.48. The Labute approximate surface area is 137 Å². The van der Waals surface area contributed by atoms with Crippen molar-refractivity contribution in [2.45, 2.75) is 31.6 Å². The molecule has 2 heterocycles. The van der Waals surface area contributed by atoms with Crippen LogP contribution in [0.25, 0.3) is 11.0 Å². The first-order valence-corrected chi connectivity index (χ1v) is 7.60. The zero-order valence-electron chi connectivity index (χ0n) is 12.5. The third-order valence-corrected chi connectivity index (χ3v) is 4.18. The van der Waals surface area contributed by atoms with Crippen molar-refractivity contribution >= 4 is 34.5 Å². The Hall–Kier alpha value is -2.12. The van der Waals surface area contributed by atoms with Crippen LogP contribution in [-0.2, 0) is 27.9 Å². The quantitative estimate of drug-likeness (QED) is 0.881. The van der Waals surface area contributed by atoms with Gasteiger partial charge in [-0.3, -0.25) is 4.79 Å². The van der Waals surface area contributed by atoms with Gasteiger partial charge in [-0.1, -0.05) is 11.6 Å². The van der Waals surface area contributed by atoms with Gasteiger partial charge in [0.1, 0.15) is 11.9 Å². The SMILES string of the molecule is Cn1c(CNC(=O)[C@H]2CC[C@@H](C(=O)O)O2)nc2cc(Cl)ccc21. The second-order valence-electron chi connectivity index (χ2n) is 5.47. The van der Waals surface area contributed by atoms with E-state index in [2.05, 4.69) is 10.3 Å². The number of amides is 1. The number of carbonyl (C=O) groups excluding carboxylic acids is 1. The van der Waals surface area contributed by atoms with E-state index >= 15 is 0 Å². The van der Waals surface area contributed by atoms with Crippen molar-refractivity contribution in [3.05, 3.63) is 29.0 Å². The summed E-state index contributed by atoms with van der Waals surface area (Å²) in [5, 5.41) is 12.2. The van der Waals surface area contributed by atoms with Crippen molar-refractivity contribution in [1.29, 1.82) is 0 Å². The van der Waals surface area contributed by atoms with Crippen molar-refractivity contribution in [3.63, 3.8) is 0 Å². The van der Waals surface area contributed by atoms with E-state index in [-0.39, 0.29) is 12.5 Å². The number of fused-ring (bicyclic) bond motifs is 1. The van der Waals surface area contributed by atoms with Crippen LogP contribution in [0.3, 0.4) is 0 Å². The molecule has 2 N–H and O–H groups in total. The van der Waals surface area contributed by atoms with E-state index in [0.717, 1.165) is 11.0 Å². The van der Waals surface area contributed by atoms with Crippen LogP contribution in [-0.4, -0.2) is 38.7 Å². The van der Waals surface area contributed by atoms with E-state index in [9.17, 15) is 9.59 Å². The van der Waals surface area contributed by atoms with Crippen molar-refractivity contribution in [2.24, 2.45) is 7.05 Å². The Morgan fingerprint density at radius 1 is 1.43 bits per heavy atom. The van der Waals surface area contributed by atoms with Crippen molar-refractivity contribution < 1.29 is 19.4 Å². The standard InChI is InChI=1S/C15H16ClN3O4/c1-19-10-3-2-8(16)6-9(10)18-13(19)7-17-14(20)11-4-5-12(23-11)15(21)22/h2-3,6,11-12H,4-5,7H2,1H3,(H,17,20)(H,21,22)/t11-,12+/m1/s1. The first-order valence-electron chi connectivity index (χ1n) is 7.22. The maximum Gasteiger partial charge on any atom is 0.332 e. The summed E-state index contributed by atoms with van der Waals surface area (Å²) in [5.74, 6) is -0.672. The maximum absolute atomic E-state index is 12.1. The van der Waals surface area contributed by atoms with Crippen molar-refractivity contribution in [3.8, 4) is 0 Å². The average Bonchev–Trinajstić information content (AvgIpc) is 3.10. The molecule has 7 nitrogen and oxygen atoms in total. The number of hydrogen-bond donors (Lipinski definition) is 2. The summed E-state index contributed by atoms with van der Waals surface area (Å²) in [7, 11) is 1.86. The second kappa shape index (κ2) is 6.17. The van der Waals surface area contributed by atoms with Crippen LogP contribution >= 0.6 is 11.6 Å². The first-order chi connectivity index (χ1) is 11.0. The topological polar surface area (TPSA) is 93.5 Å². The first kappa shape index (κ1) is 15.8. The maximum atomic E-state index is 12.1. The van der Waals surface area contributed by atoms with Crippen LogP contribution in [0.1, 0.15) is 18.7 Å². The number of nitrogens with zero attached hydrogens (tertiary/aromatic N) is 2. The minimum atomic E-state index is -1.03. The number of rotatable bonds is 4. The van der Waals surface area contributed by atoms with Crippen LogP contribution in [0.2, 0.25) is 5.02 Å². The number of carbonyl (C=O) groups is 2. The number of aliphatic carboxylic acids is 1. The van der Waals surface area contributed by atoms with Crippen LogP contribution < -0.4 is 5.32 Å². The lowest BCUT2D eigenvalue weighted by molar-refractivity contribution is -0.151. The van der Waals surface area contributed by atoms with Gasteiger partial charge in [0.25, 0.3) is 0 Å². The van der Waals surface area contributed by atoms with E-state index < -0.39 is 18.2 Å². The summed E-state index contributed by atoms with van der Waals surface area (Å²) in [6, 6.07) is 5.42. The molecule has 8 heteroatoms. The van der Waals surface area contributed by atoms with Crippen LogP contribution in [0.5, 0.6) is 0 Å². The fourth-order valence-corrected chi connectivity index (χ4v) is 2.84. The van der Waals surface area contributed by atoms with Gasteiger partial charge in [-0.2, -0.15) is 0 Å². The predicted molar refractivity (Wildman–Crippen MR) is 83.1 cm³/mol. The molecule has 1 aromatic heterocycles. The molecule has 0 radical (unpaired) electrons. The monoisotopic (exact) mass is 337 g/mol. The van der Waals surface area contributed by atoms with Gasteiger partial charge in [0, 0.05) is 12.1 Å². The molecule has 0 spiro atoms. The number of carboxylic acid groups (broad SMARTS) is 1. The molecule has 122 valence electrons. The number of aryl methyl sites for hydroxylation is 1. The summed E-state index contributed by atoms with van der Waals surface area (Å²) < 4.78 is 7.10.